The third kappa shape index (κ3) is 3.41. The molecule has 0 amide bonds. The number of rotatable bonds is 3. The number of likely N-dealkylation sites (tertiary alicyclic amines) is 1. The summed E-state index contributed by atoms with van der Waals surface area (Å²) in [4.78, 5) is 1.87. The van der Waals surface area contributed by atoms with Crippen LogP contribution in [0.2, 0.25) is 0 Å². The number of hydrogen-bond acceptors (Lipinski definition) is 3. The van der Waals surface area contributed by atoms with Crippen molar-refractivity contribution in [1.82, 2.24) is 9.21 Å². The van der Waals surface area contributed by atoms with E-state index in [1.54, 1.807) is 0 Å². The van der Waals surface area contributed by atoms with Gasteiger partial charge in [-0.15, -0.1) is 0 Å². The highest BCUT2D eigenvalue weighted by atomic mass is 32.2. The molecule has 3 rings (SSSR count). The van der Waals surface area contributed by atoms with Crippen molar-refractivity contribution in [3.05, 3.63) is 29.8 Å². The van der Waals surface area contributed by atoms with E-state index in [4.69, 9.17) is 0 Å². The molecule has 2 aliphatic rings. The molecular weight excluding hydrogens is 322 g/mol. The molecule has 128 valence electrons. The first kappa shape index (κ1) is 16.8. The molecule has 7 heteroatoms. The molecule has 4 nitrogen and oxygen atoms in total. The molecular formula is C16H22F2N2O2S. The van der Waals surface area contributed by atoms with Crippen molar-refractivity contribution in [3.63, 3.8) is 0 Å². The monoisotopic (exact) mass is 344 g/mol. The molecule has 2 saturated heterocycles. The first-order valence-electron chi connectivity index (χ1n) is 8.18. The zero-order chi connectivity index (χ0) is 16.4. The fourth-order valence-electron chi connectivity index (χ4n) is 3.59. The Labute approximate surface area is 136 Å². The van der Waals surface area contributed by atoms with Crippen LogP contribution in [-0.2, 0) is 10.0 Å². The number of hydrogen-bond donors (Lipinski definition) is 0. The molecule has 0 saturated carbocycles. The third-order valence-corrected chi connectivity index (χ3v) is 6.76. The van der Waals surface area contributed by atoms with Crippen molar-refractivity contribution in [2.45, 2.75) is 43.0 Å². The summed E-state index contributed by atoms with van der Waals surface area (Å²) in [5.41, 5.74) is 0. The van der Waals surface area contributed by atoms with Gasteiger partial charge in [-0.2, -0.15) is 4.31 Å². The summed E-state index contributed by atoms with van der Waals surface area (Å²) in [6, 6.07) is 3.70. The molecule has 1 atom stereocenters. The number of halogens is 2. The van der Waals surface area contributed by atoms with Gasteiger partial charge in [0, 0.05) is 19.1 Å². The largest absolute Gasteiger partial charge is 0.300 e. The van der Waals surface area contributed by atoms with Crippen LogP contribution < -0.4 is 0 Å². The highest BCUT2D eigenvalue weighted by Gasteiger charge is 2.32. The van der Waals surface area contributed by atoms with Gasteiger partial charge < -0.3 is 4.90 Å². The molecule has 2 fully saturated rings. The lowest BCUT2D eigenvalue weighted by atomic mass is 10.1. The van der Waals surface area contributed by atoms with Crippen LogP contribution in [0, 0.1) is 11.6 Å². The Kier molecular flexibility index (Phi) is 4.98. The Bertz CT molecular complexity index is 660. The maximum atomic E-state index is 13.9. The Balaban J connectivity index is 1.77. The highest BCUT2D eigenvalue weighted by molar-refractivity contribution is 7.89. The second-order valence-corrected chi connectivity index (χ2v) is 8.19. The summed E-state index contributed by atoms with van der Waals surface area (Å²) in [5, 5.41) is 0. The molecule has 23 heavy (non-hydrogen) atoms. The normalized spacial score (nSPS) is 24.7. The molecule has 0 N–H and O–H groups in total. The topological polar surface area (TPSA) is 40.6 Å². The Morgan fingerprint density at radius 2 is 1.70 bits per heavy atom. The summed E-state index contributed by atoms with van der Waals surface area (Å²) in [7, 11) is -3.99. The quantitative estimate of drug-likeness (QED) is 0.846. The number of sulfonamides is 1. The summed E-state index contributed by atoms with van der Waals surface area (Å²) in [5.74, 6) is -2.41. The van der Waals surface area contributed by atoms with Gasteiger partial charge in [0.1, 0.15) is 4.90 Å². The SMILES string of the molecule is O=S(=O)(c1cccc(F)c1F)N1CCC[C@H](N2CCCC2)CC1. The molecule has 0 radical (unpaired) electrons. The third-order valence-electron chi connectivity index (χ3n) is 4.85. The average Bonchev–Trinajstić information content (AvgIpc) is 2.94. The van der Waals surface area contributed by atoms with E-state index in [-0.39, 0.29) is 0 Å². The summed E-state index contributed by atoms with van der Waals surface area (Å²) in [6.07, 6.45) is 4.85. The van der Waals surface area contributed by atoms with Gasteiger partial charge in [-0.3, -0.25) is 0 Å². The average molecular weight is 344 g/mol. The highest BCUT2D eigenvalue weighted by Crippen LogP contribution is 2.26. The van der Waals surface area contributed by atoms with E-state index in [1.807, 2.05) is 0 Å². The maximum absolute atomic E-state index is 13.9. The van der Waals surface area contributed by atoms with E-state index in [0.717, 1.165) is 44.5 Å². The number of nitrogens with zero attached hydrogens (tertiary/aromatic N) is 2. The molecule has 0 spiro atoms. The first-order valence-corrected chi connectivity index (χ1v) is 9.62. The lowest BCUT2D eigenvalue weighted by Crippen LogP contribution is -2.35. The van der Waals surface area contributed by atoms with Crippen LogP contribution in [0.3, 0.4) is 0 Å². The minimum Gasteiger partial charge on any atom is -0.300 e. The van der Waals surface area contributed by atoms with Gasteiger partial charge in [0.2, 0.25) is 10.0 Å². The van der Waals surface area contributed by atoms with Gasteiger partial charge in [-0.05, 0) is 57.3 Å². The fraction of sp³-hybridized carbons (Fsp3) is 0.625. The summed E-state index contributed by atoms with van der Waals surface area (Å²) >= 11 is 0. The standard InChI is InChI=1S/C16H22F2N2O2S/c17-14-6-3-7-15(16(14)18)23(21,22)20-11-4-5-13(8-12-20)19-9-1-2-10-19/h3,6-7,13H,1-2,4-5,8-12H2/t13-/m0/s1. The van der Waals surface area contributed by atoms with Crippen molar-refractivity contribution in [1.29, 1.82) is 0 Å². The first-order chi connectivity index (χ1) is 11.0. The van der Waals surface area contributed by atoms with Crippen LogP contribution in [0.1, 0.15) is 32.1 Å². The predicted octanol–water partition coefficient (Wildman–Crippen LogP) is 2.60. The second-order valence-electron chi connectivity index (χ2n) is 6.28. The van der Waals surface area contributed by atoms with Crippen molar-refractivity contribution < 1.29 is 17.2 Å². The molecule has 1 aromatic rings. The Morgan fingerprint density at radius 3 is 2.43 bits per heavy atom. The van der Waals surface area contributed by atoms with Gasteiger partial charge in [-0.25, -0.2) is 17.2 Å². The van der Waals surface area contributed by atoms with Crippen LogP contribution in [0.4, 0.5) is 8.78 Å². The Morgan fingerprint density at radius 1 is 0.957 bits per heavy atom. The minimum absolute atomic E-state index is 0.361. The summed E-state index contributed by atoms with van der Waals surface area (Å²) in [6.45, 7) is 2.88. The van der Waals surface area contributed by atoms with Gasteiger partial charge in [0.25, 0.3) is 0 Å². The molecule has 0 aromatic heterocycles. The van der Waals surface area contributed by atoms with E-state index in [9.17, 15) is 17.2 Å². The van der Waals surface area contributed by atoms with Crippen LogP contribution in [0.25, 0.3) is 0 Å². The van der Waals surface area contributed by atoms with Crippen molar-refractivity contribution >= 4 is 10.0 Å². The van der Waals surface area contributed by atoms with Gasteiger partial charge in [0.05, 0.1) is 0 Å². The van der Waals surface area contributed by atoms with Crippen molar-refractivity contribution in [2.75, 3.05) is 26.2 Å². The van der Waals surface area contributed by atoms with Crippen molar-refractivity contribution in [2.24, 2.45) is 0 Å². The molecule has 2 aliphatic heterocycles. The van der Waals surface area contributed by atoms with Crippen molar-refractivity contribution in [3.8, 4) is 0 Å². The zero-order valence-corrected chi connectivity index (χ0v) is 13.9. The van der Waals surface area contributed by atoms with Crippen LogP contribution >= 0.6 is 0 Å². The molecule has 0 unspecified atom stereocenters. The Hall–Kier alpha value is -1.05. The maximum Gasteiger partial charge on any atom is 0.246 e. The van der Waals surface area contributed by atoms with Crippen LogP contribution in [0.15, 0.2) is 23.1 Å². The van der Waals surface area contributed by atoms with Crippen LogP contribution in [-0.4, -0.2) is 49.8 Å². The van der Waals surface area contributed by atoms with Gasteiger partial charge in [-0.1, -0.05) is 6.07 Å². The zero-order valence-electron chi connectivity index (χ0n) is 13.0. The molecule has 0 bridgehead atoms. The molecule has 1 aromatic carbocycles. The molecule has 2 heterocycles. The summed E-state index contributed by atoms with van der Waals surface area (Å²) < 4.78 is 53.8. The van der Waals surface area contributed by atoms with E-state index < -0.39 is 26.6 Å². The fourth-order valence-corrected chi connectivity index (χ4v) is 5.15. The smallest absolute Gasteiger partial charge is 0.246 e. The van der Waals surface area contributed by atoms with E-state index in [1.165, 1.54) is 23.2 Å². The minimum atomic E-state index is -3.99. The van der Waals surface area contributed by atoms with E-state index >= 15 is 0 Å². The predicted molar refractivity (Wildman–Crippen MR) is 83.6 cm³/mol. The van der Waals surface area contributed by atoms with Crippen LogP contribution in [0.5, 0.6) is 0 Å². The van der Waals surface area contributed by atoms with Gasteiger partial charge in [0.15, 0.2) is 11.6 Å². The number of benzene rings is 1. The van der Waals surface area contributed by atoms with E-state index in [0.29, 0.717) is 19.1 Å². The van der Waals surface area contributed by atoms with E-state index in [2.05, 4.69) is 4.90 Å². The lowest BCUT2D eigenvalue weighted by Gasteiger charge is -2.26. The lowest BCUT2D eigenvalue weighted by molar-refractivity contribution is 0.222. The molecule has 0 aliphatic carbocycles. The van der Waals surface area contributed by atoms with Gasteiger partial charge >= 0.3 is 0 Å². The second kappa shape index (κ2) is 6.83.